The highest BCUT2D eigenvalue weighted by atomic mass is 35.5. The van der Waals surface area contributed by atoms with Crippen molar-refractivity contribution >= 4 is 34.1 Å². The van der Waals surface area contributed by atoms with Crippen LogP contribution in [-0.4, -0.2) is 15.9 Å². The van der Waals surface area contributed by atoms with E-state index in [1.807, 2.05) is 6.07 Å². The summed E-state index contributed by atoms with van der Waals surface area (Å²) in [5.74, 6) is -0.261. The maximum absolute atomic E-state index is 12.4. The Hall–Kier alpha value is -1.92. The van der Waals surface area contributed by atoms with Gasteiger partial charge in [-0.1, -0.05) is 23.2 Å². The zero-order valence-corrected chi connectivity index (χ0v) is 14.8. The molecule has 0 unspecified atom stereocenters. The number of aromatic nitrogens is 2. The third-order valence-electron chi connectivity index (χ3n) is 3.95. The molecule has 0 saturated carbocycles. The summed E-state index contributed by atoms with van der Waals surface area (Å²) in [4.78, 5) is 4.10. The number of ether oxygens (including phenoxy) is 1. The molecule has 25 heavy (non-hydrogen) atoms. The van der Waals surface area contributed by atoms with E-state index in [0.29, 0.717) is 27.7 Å². The number of rotatable bonds is 3. The molecular weight excluding hydrogens is 376 g/mol. The molecule has 0 radical (unpaired) electrons. The zero-order chi connectivity index (χ0) is 18.4. The molecule has 2 aromatic heterocycles. The Morgan fingerprint density at radius 3 is 2.60 bits per heavy atom. The van der Waals surface area contributed by atoms with Gasteiger partial charge in [-0.25, -0.2) is 0 Å². The first-order valence-corrected chi connectivity index (χ1v) is 8.05. The fraction of sp³-hybridized carbons (Fsp3) is 0.235. The van der Waals surface area contributed by atoms with Crippen molar-refractivity contribution in [3.63, 3.8) is 0 Å². The Bertz CT molecular complexity index is 951. The third kappa shape index (κ3) is 3.70. The summed E-state index contributed by atoms with van der Waals surface area (Å²) in [6, 6.07) is 6.11. The zero-order valence-electron chi connectivity index (χ0n) is 13.3. The minimum Gasteiger partial charge on any atom is -0.406 e. The normalized spacial score (nSPS) is 12.0. The van der Waals surface area contributed by atoms with E-state index in [0.717, 1.165) is 16.6 Å². The summed E-state index contributed by atoms with van der Waals surface area (Å²) in [5, 5.41) is 1.73. The molecule has 8 heteroatoms. The standard InChI is InChI=1S/C17H13Cl2F3N2O/c1-9-16(19)13(14(18)8-23-9)6-11-5-10-3-4-12(25-17(20,21)22)7-15(10)24(11)2/h3-5,7-8H,6H2,1-2H3. The predicted octanol–water partition coefficient (Wildman–Crippen LogP) is 5.68. The number of pyridine rings is 1. The Morgan fingerprint density at radius 1 is 1.20 bits per heavy atom. The highest BCUT2D eigenvalue weighted by Crippen LogP contribution is 2.32. The van der Waals surface area contributed by atoms with Gasteiger partial charge in [-0.15, -0.1) is 13.2 Å². The number of aryl methyl sites for hydroxylation is 2. The third-order valence-corrected chi connectivity index (χ3v) is 4.78. The number of nitrogens with zero attached hydrogens (tertiary/aromatic N) is 2. The largest absolute Gasteiger partial charge is 0.573 e. The average molecular weight is 389 g/mol. The first-order valence-electron chi connectivity index (χ1n) is 7.29. The van der Waals surface area contributed by atoms with E-state index in [1.165, 1.54) is 18.3 Å². The fourth-order valence-electron chi connectivity index (χ4n) is 2.69. The average Bonchev–Trinajstić information content (AvgIpc) is 2.82. The van der Waals surface area contributed by atoms with E-state index in [9.17, 15) is 13.2 Å². The van der Waals surface area contributed by atoms with E-state index in [4.69, 9.17) is 23.2 Å². The van der Waals surface area contributed by atoms with E-state index in [-0.39, 0.29) is 5.75 Å². The van der Waals surface area contributed by atoms with E-state index < -0.39 is 6.36 Å². The first kappa shape index (κ1) is 17.9. The van der Waals surface area contributed by atoms with Gasteiger partial charge in [0.2, 0.25) is 0 Å². The van der Waals surface area contributed by atoms with Crippen molar-refractivity contribution in [2.75, 3.05) is 0 Å². The van der Waals surface area contributed by atoms with Gasteiger partial charge >= 0.3 is 6.36 Å². The Kier molecular flexibility index (Phi) is 4.60. The molecule has 3 nitrogen and oxygen atoms in total. The molecule has 0 saturated heterocycles. The molecule has 0 amide bonds. The van der Waals surface area contributed by atoms with Crippen LogP contribution in [0.3, 0.4) is 0 Å². The molecule has 0 spiro atoms. The van der Waals surface area contributed by atoms with Crippen molar-refractivity contribution in [1.29, 1.82) is 0 Å². The molecular formula is C17H13Cl2F3N2O. The lowest BCUT2D eigenvalue weighted by atomic mass is 10.1. The maximum Gasteiger partial charge on any atom is 0.573 e. The van der Waals surface area contributed by atoms with Crippen LogP contribution in [0.5, 0.6) is 5.75 Å². The van der Waals surface area contributed by atoms with Gasteiger partial charge in [0.05, 0.1) is 21.3 Å². The Morgan fingerprint density at radius 2 is 1.92 bits per heavy atom. The van der Waals surface area contributed by atoms with Gasteiger partial charge in [-0.05, 0) is 30.7 Å². The topological polar surface area (TPSA) is 27.1 Å². The summed E-state index contributed by atoms with van der Waals surface area (Å²) in [7, 11) is 1.77. The molecule has 0 aliphatic heterocycles. The van der Waals surface area contributed by atoms with Crippen LogP contribution in [0.15, 0.2) is 30.5 Å². The first-order chi connectivity index (χ1) is 11.7. The molecule has 3 rings (SSSR count). The number of hydrogen-bond donors (Lipinski definition) is 0. The monoisotopic (exact) mass is 388 g/mol. The SMILES string of the molecule is Cc1ncc(Cl)c(Cc2cc3ccc(OC(F)(F)F)cc3n2C)c1Cl. The fourth-order valence-corrected chi connectivity index (χ4v) is 3.16. The van der Waals surface area contributed by atoms with Gasteiger partial charge in [0, 0.05) is 36.8 Å². The molecule has 0 aliphatic carbocycles. The van der Waals surface area contributed by atoms with Gasteiger partial charge in [0.1, 0.15) is 5.75 Å². The molecule has 1 aromatic carbocycles. The summed E-state index contributed by atoms with van der Waals surface area (Å²) < 4.78 is 43.0. The second kappa shape index (κ2) is 6.42. The highest BCUT2D eigenvalue weighted by Gasteiger charge is 2.31. The molecule has 0 N–H and O–H groups in total. The van der Waals surface area contributed by atoms with Crippen molar-refractivity contribution in [1.82, 2.24) is 9.55 Å². The Labute approximate surface area is 151 Å². The highest BCUT2D eigenvalue weighted by molar-refractivity contribution is 6.36. The minimum atomic E-state index is -4.72. The summed E-state index contributed by atoms with van der Waals surface area (Å²) in [6.45, 7) is 1.78. The van der Waals surface area contributed by atoms with Crippen LogP contribution in [0.1, 0.15) is 17.0 Å². The van der Waals surface area contributed by atoms with E-state index >= 15 is 0 Å². The quantitative estimate of drug-likeness (QED) is 0.577. The second-order valence-corrected chi connectivity index (χ2v) is 6.41. The van der Waals surface area contributed by atoms with Crippen LogP contribution in [0.4, 0.5) is 13.2 Å². The number of hydrogen-bond acceptors (Lipinski definition) is 2. The number of halogens is 5. The number of benzene rings is 1. The van der Waals surface area contributed by atoms with Crippen molar-refractivity contribution < 1.29 is 17.9 Å². The van der Waals surface area contributed by atoms with Crippen LogP contribution in [0, 0.1) is 6.92 Å². The predicted molar refractivity (Wildman–Crippen MR) is 91.4 cm³/mol. The van der Waals surface area contributed by atoms with Crippen molar-refractivity contribution in [3.05, 3.63) is 57.5 Å². The van der Waals surface area contributed by atoms with Crippen molar-refractivity contribution in [2.45, 2.75) is 19.7 Å². The summed E-state index contributed by atoms with van der Waals surface area (Å²) in [5.41, 5.74) is 2.87. The van der Waals surface area contributed by atoms with Gasteiger partial charge in [0.15, 0.2) is 0 Å². The molecule has 2 heterocycles. The van der Waals surface area contributed by atoms with Crippen molar-refractivity contribution in [2.24, 2.45) is 7.05 Å². The van der Waals surface area contributed by atoms with Gasteiger partial charge < -0.3 is 9.30 Å². The van der Waals surface area contributed by atoms with Gasteiger partial charge in [-0.2, -0.15) is 0 Å². The molecule has 0 aliphatic rings. The van der Waals surface area contributed by atoms with Crippen LogP contribution < -0.4 is 4.74 Å². The second-order valence-electron chi connectivity index (χ2n) is 5.62. The smallest absolute Gasteiger partial charge is 0.406 e. The van der Waals surface area contributed by atoms with E-state index in [2.05, 4.69) is 9.72 Å². The molecule has 0 fully saturated rings. The van der Waals surface area contributed by atoms with Gasteiger partial charge in [-0.3, -0.25) is 4.98 Å². The number of fused-ring (bicyclic) bond motifs is 1. The lowest BCUT2D eigenvalue weighted by Gasteiger charge is -2.11. The van der Waals surface area contributed by atoms with Gasteiger partial charge in [0.25, 0.3) is 0 Å². The lowest BCUT2D eigenvalue weighted by Crippen LogP contribution is -2.17. The molecule has 3 aromatic rings. The molecule has 132 valence electrons. The summed E-state index contributed by atoms with van der Waals surface area (Å²) in [6.07, 6.45) is -2.75. The van der Waals surface area contributed by atoms with Crippen molar-refractivity contribution in [3.8, 4) is 5.75 Å². The Balaban J connectivity index is 2.01. The van der Waals surface area contributed by atoms with Crippen LogP contribution in [0.2, 0.25) is 10.0 Å². The van der Waals surface area contributed by atoms with Crippen LogP contribution in [0.25, 0.3) is 10.9 Å². The molecule has 0 atom stereocenters. The maximum atomic E-state index is 12.4. The van der Waals surface area contributed by atoms with Crippen LogP contribution >= 0.6 is 23.2 Å². The number of alkyl halides is 3. The summed E-state index contributed by atoms with van der Waals surface area (Å²) >= 11 is 12.5. The molecule has 0 bridgehead atoms. The van der Waals surface area contributed by atoms with Crippen LogP contribution in [-0.2, 0) is 13.5 Å². The minimum absolute atomic E-state index is 0.261. The lowest BCUT2D eigenvalue weighted by molar-refractivity contribution is -0.274. The van der Waals surface area contributed by atoms with E-state index in [1.54, 1.807) is 24.6 Å².